The van der Waals surface area contributed by atoms with Crippen molar-refractivity contribution >= 4 is 11.8 Å². The zero-order valence-corrected chi connectivity index (χ0v) is 9.63. The highest BCUT2D eigenvalue weighted by atomic mass is 16.2. The van der Waals surface area contributed by atoms with Crippen LogP contribution in [0.2, 0.25) is 0 Å². The van der Waals surface area contributed by atoms with Crippen LogP contribution in [0.1, 0.15) is 34.5 Å². The lowest BCUT2D eigenvalue weighted by Crippen LogP contribution is -2.42. The van der Waals surface area contributed by atoms with E-state index in [1.807, 2.05) is 25.1 Å². The number of hydrogen-bond acceptors (Lipinski definition) is 2. The summed E-state index contributed by atoms with van der Waals surface area (Å²) in [6.07, 6.45) is 0. The summed E-state index contributed by atoms with van der Waals surface area (Å²) in [4.78, 5) is 23.7. The van der Waals surface area contributed by atoms with Crippen molar-refractivity contribution in [2.75, 3.05) is 0 Å². The van der Waals surface area contributed by atoms with Gasteiger partial charge in [-0.05, 0) is 25.5 Å². The highest BCUT2D eigenvalue weighted by Crippen LogP contribution is 2.38. The number of hydrogen-bond donors (Lipinski definition) is 2. The number of allylic oxidation sites excluding steroid dienone is 1. The van der Waals surface area contributed by atoms with E-state index in [0.717, 1.165) is 11.1 Å². The number of carbonyl (C=O) groups excluding carboxylic acids is 2. The first kappa shape index (κ1) is 10.1. The Hall–Kier alpha value is -2.10. The number of Topliss-reactive ketones (excluding diaryl/α,β-unsaturated/α-hetero) is 1. The Balaban J connectivity index is 2.24. The number of nitrogens with one attached hydrogen (secondary N) is 2. The second-order valence-electron chi connectivity index (χ2n) is 4.49. The Morgan fingerprint density at radius 1 is 1.18 bits per heavy atom. The molecule has 2 N–H and O–H groups in total. The summed E-state index contributed by atoms with van der Waals surface area (Å²) in [6, 6.07) is 5.21. The molecular formula is C13H12N2O2. The number of fused-ring (bicyclic) bond motifs is 3. The van der Waals surface area contributed by atoms with Crippen molar-refractivity contribution in [3.63, 3.8) is 0 Å². The number of benzene rings is 1. The topological polar surface area (TPSA) is 58.2 Å². The molecule has 1 aromatic rings. The van der Waals surface area contributed by atoms with Gasteiger partial charge in [0.2, 0.25) is 0 Å². The molecule has 3 rings (SSSR count). The Morgan fingerprint density at radius 3 is 2.71 bits per heavy atom. The number of aryl methyl sites for hydroxylation is 1. The number of amides is 2. The van der Waals surface area contributed by atoms with E-state index >= 15 is 0 Å². The Bertz CT molecular complexity index is 587. The van der Waals surface area contributed by atoms with Crippen LogP contribution in [0.5, 0.6) is 0 Å². The van der Waals surface area contributed by atoms with Crippen LogP contribution in [0, 0.1) is 6.92 Å². The summed E-state index contributed by atoms with van der Waals surface area (Å²) in [5, 5.41) is 5.43. The van der Waals surface area contributed by atoms with Crippen LogP contribution < -0.4 is 10.6 Å². The summed E-state index contributed by atoms with van der Waals surface area (Å²) in [5.41, 5.74) is 3.95. The lowest BCUT2D eigenvalue weighted by Gasteiger charge is -2.23. The molecule has 86 valence electrons. The van der Waals surface area contributed by atoms with E-state index in [1.165, 1.54) is 0 Å². The maximum atomic E-state index is 12.3. The summed E-state index contributed by atoms with van der Waals surface area (Å²) in [6.45, 7) is 3.71. The predicted octanol–water partition coefficient (Wildman–Crippen LogP) is 1.82. The molecule has 1 aliphatic heterocycles. The van der Waals surface area contributed by atoms with Crippen molar-refractivity contribution in [3.8, 4) is 0 Å². The molecule has 1 heterocycles. The molecule has 1 aromatic carbocycles. The predicted molar refractivity (Wildman–Crippen MR) is 62.6 cm³/mol. The molecular weight excluding hydrogens is 216 g/mol. The van der Waals surface area contributed by atoms with Crippen LogP contribution in [0.15, 0.2) is 29.5 Å². The molecule has 1 unspecified atom stereocenters. The average Bonchev–Trinajstić information content (AvgIpc) is 2.52. The second-order valence-corrected chi connectivity index (χ2v) is 4.49. The standard InChI is InChI=1S/C13H12N2O2/c1-6-3-4-8-9(5-6)12(16)10-7(2)14-13(17)15-11(8)10/h3-5,11H,1-2H3,(H2,14,15,17). The third kappa shape index (κ3) is 1.30. The van der Waals surface area contributed by atoms with Gasteiger partial charge < -0.3 is 10.6 Å². The zero-order valence-electron chi connectivity index (χ0n) is 9.63. The molecule has 2 amide bonds. The van der Waals surface area contributed by atoms with Gasteiger partial charge in [-0.2, -0.15) is 0 Å². The van der Waals surface area contributed by atoms with Gasteiger partial charge in [0.05, 0.1) is 6.04 Å². The van der Waals surface area contributed by atoms with Gasteiger partial charge in [0.25, 0.3) is 0 Å². The highest BCUT2D eigenvalue weighted by Gasteiger charge is 2.39. The monoisotopic (exact) mass is 228 g/mol. The SMILES string of the molecule is CC1=C2C(=O)c3cc(C)ccc3C2NC(=O)N1. The lowest BCUT2D eigenvalue weighted by atomic mass is 10.0. The van der Waals surface area contributed by atoms with Crippen LogP contribution >= 0.6 is 0 Å². The molecule has 4 nitrogen and oxygen atoms in total. The Labute approximate surface area is 98.7 Å². The van der Waals surface area contributed by atoms with E-state index in [1.54, 1.807) is 6.92 Å². The summed E-state index contributed by atoms with van der Waals surface area (Å²) >= 11 is 0. The third-order valence-corrected chi connectivity index (χ3v) is 3.28. The molecule has 1 aliphatic carbocycles. The van der Waals surface area contributed by atoms with Crippen molar-refractivity contribution in [3.05, 3.63) is 46.2 Å². The fourth-order valence-electron chi connectivity index (χ4n) is 2.49. The molecule has 4 heteroatoms. The number of ketones is 1. The fraction of sp³-hybridized carbons (Fsp3) is 0.231. The van der Waals surface area contributed by atoms with E-state index in [0.29, 0.717) is 16.8 Å². The average molecular weight is 228 g/mol. The first-order valence-electron chi connectivity index (χ1n) is 5.51. The van der Waals surface area contributed by atoms with Crippen LogP contribution in [0.3, 0.4) is 0 Å². The summed E-state index contributed by atoms with van der Waals surface area (Å²) in [7, 11) is 0. The number of rotatable bonds is 0. The van der Waals surface area contributed by atoms with Gasteiger partial charge in [0.1, 0.15) is 0 Å². The van der Waals surface area contributed by atoms with Crippen LogP contribution in [-0.4, -0.2) is 11.8 Å². The normalized spacial score (nSPS) is 21.9. The first-order valence-corrected chi connectivity index (χ1v) is 5.51. The van der Waals surface area contributed by atoms with E-state index in [9.17, 15) is 9.59 Å². The van der Waals surface area contributed by atoms with Gasteiger partial charge >= 0.3 is 6.03 Å². The van der Waals surface area contributed by atoms with Crippen LogP contribution in [0.25, 0.3) is 0 Å². The Morgan fingerprint density at radius 2 is 1.94 bits per heavy atom. The minimum atomic E-state index is -0.285. The second kappa shape index (κ2) is 3.20. The largest absolute Gasteiger partial charge is 0.327 e. The molecule has 0 spiro atoms. The molecule has 0 bridgehead atoms. The molecule has 17 heavy (non-hydrogen) atoms. The van der Waals surface area contributed by atoms with E-state index in [4.69, 9.17) is 0 Å². The van der Waals surface area contributed by atoms with Crippen molar-refractivity contribution in [2.24, 2.45) is 0 Å². The van der Waals surface area contributed by atoms with Gasteiger partial charge in [0.15, 0.2) is 5.78 Å². The Kier molecular flexibility index (Phi) is 1.90. The van der Waals surface area contributed by atoms with Crippen molar-refractivity contribution in [2.45, 2.75) is 19.9 Å². The maximum absolute atomic E-state index is 12.3. The molecule has 0 fully saturated rings. The minimum absolute atomic E-state index is 0.0127. The molecule has 2 aliphatic rings. The quantitative estimate of drug-likeness (QED) is 0.711. The minimum Gasteiger partial charge on any atom is -0.327 e. The number of carbonyl (C=O) groups is 2. The molecule has 0 aromatic heterocycles. The van der Waals surface area contributed by atoms with Crippen LogP contribution in [-0.2, 0) is 0 Å². The lowest BCUT2D eigenvalue weighted by molar-refractivity contribution is 0.103. The van der Waals surface area contributed by atoms with Crippen molar-refractivity contribution < 1.29 is 9.59 Å². The van der Waals surface area contributed by atoms with E-state index in [2.05, 4.69) is 10.6 Å². The zero-order chi connectivity index (χ0) is 12.2. The first-order chi connectivity index (χ1) is 8.08. The van der Waals surface area contributed by atoms with Crippen molar-refractivity contribution in [1.29, 1.82) is 0 Å². The molecule has 0 saturated carbocycles. The van der Waals surface area contributed by atoms with E-state index < -0.39 is 0 Å². The van der Waals surface area contributed by atoms with Gasteiger partial charge in [-0.3, -0.25) is 4.79 Å². The molecule has 1 atom stereocenters. The van der Waals surface area contributed by atoms with Crippen molar-refractivity contribution in [1.82, 2.24) is 10.6 Å². The third-order valence-electron chi connectivity index (χ3n) is 3.28. The van der Waals surface area contributed by atoms with Gasteiger partial charge in [-0.1, -0.05) is 17.7 Å². The van der Waals surface area contributed by atoms with Gasteiger partial charge in [0, 0.05) is 16.8 Å². The number of urea groups is 1. The van der Waals surface area contributed by atoms with Gasteiger partial charge in [-0.25, -0.2) is 4.79 Å². The van der Waals surface area contributed by atoms with Gasteiger partial charge in [-0.15, -0.1) is 0 Å². The molecule has 0 radical (unpaired) electrons. The summed E-state index contributed by atoms with van der Waals surface area (Å²) < 4.78 is 0. The highest BCUT2D eigenvalue weighted by molar-refractivity contribution is 6.16. The smallest absolute Gasteiger partial charge is 0.319 e. The molecule has 0 saturated heterocycles. The van der Waals surface area contributed by atoms with E-state index in [-0.39, 0.29) is 17.9 Å². The fourth-order valence-corrected chi connectivity index (χ4v) is 2.49. The summed E-state index contributed by atoms with van der Waals surface area (Å²) in [5.74, 6) is 0.0127. The van der Waals surface area contributed by atoms with Crippen LogP contribution in [0.4, 0.5) is 4.79 Å². The maximum Gasteiger partial charge on any atom is 0.319 e.